The molecule has 0 atom stereocenters. The third-order valence-corrected chi connectivity index (χ3v) is 4.04. The van der Waals surface area contributed by atoms with Crippen molar-refractivity contribution < 1.29 is 4.74 Å². The summed E-state index contributed by atoms with van der Waals surface area (Å²) in [5.74, 6) is 2.27. The fourth-order valence-corrected chi connectivity index (χ4v) is 3.70. The van der Waals surface area contributed by atoms with Crippen LogP contribution >= 0.6 is 11.8 Å². The normalized spacial score (nSPS) is 16.4. The number of thioether (sulfide) groups is 1. The van der Waals surface area contributed by atoms with E-state index >= 15 is 0 Å². The van der Waals surface area contributed by atoms with Gasteiger partial charge >= 0.3 is 63.9 Å². The molecule has 0 bridgehead atoms. The summed E-state index contributed by atoms with van der Waals surface area (Å²) in [6.07, 6.45) is 0. The first-order valence-corrected chi connectivity index (χ1v) is 5.75. The van der Waals surface area contributed by atoms with Crippen molar-refractivity contribution in [3.8, 4) is 5.75 Å². The molecule has 0 unspecified atom stereocenters. The third kappa shape index (κ3) is 1.05. The van der Waals surface area contributed by atoms with Gasteiger partial charge in [-0.15, -0.1) is 0 Å². The van der Waals surface area contributed by atoms with Crippen LogP contribution in [0.25, 0.3) is 0 Å². The summed E-state index contributed by atoms with van der Waals surface area (Å²) in [7, 11) is 0. The summed E-state index contributed by atoms with van der Waals surface area (Å²) in [4.78, 5) is 5.86. The molecular formula is C6H6OSSe. The van der Waals surface area contributed by atoms with Gasteiger partial charge in [0.25, 0.3) is 0 Å². The monoisotopic (exact) mass is 206 g/mol. The van der Waals surface area contributed by atoms with E-state index in [0.29, 0.717) is 14.5 Å². The van der Waals surface area contributed by atoms with Crippen molar-refractivity contribution >= 4 is 26.3 Å². The molecule has 3 heteroatoms. The van der Waals surface area contributed by atoms with Crippen molar-refractivity contribution in [2.45, 2.75) is 4.90 Å². The maximum absolute atomic E-state index is 5.39. The Morgan fingerprint density at radius 3 is 3.44 bits per heavy atom. The molecule has 9 heavy (non-hydrogen) atoms. The Balaban J connectivity index is 2.39. The number of hydrogen-bond donors (Lipinski definition) is 0. The topological polar surface area (TPSA) is 9.23 Å². The molecule has 48 valence electrons. The van der Waals surface area contributed by atoms with E-state index in [1.165, 1.54) is 4.90 Å². The molecule has 2 heterocycles. The van der Waals surface area contributed by atoms with E-state index in [1.54, 1.807) is 0 Å². The Kier molecular flexibility index (Phi) is 1.58. The number of hydrogen-bond acceptors (Lipinski definition) is 2. The fraction of sp³-hybridized carbons (Fsp3) is 0.333. The van der Waals surface area contributed by atoms with E-state index in [9.17, 15) is 0 Å². The molecule has 0 spiro atoms. The molecule has 0 N–H and O–H groups in total. The summed E-state index contributed by atoms with van der Waals surface area (Å²) in [5, 5.41) is 0. The van der Waals surface area contributed by atoms with Gasteiger partial charge in [0.05, 0.1) is 0 Å². The minimum atomic E-state index is 0.585. The Bertz CT molecular complexity index is 188. The molecular weight excluding hydrogens is 199 g/mol. The Morgan fingerprint density at radius 1 is 1.56 bits per heavy atom. The molecule has 1 aromatic rings. The van der Waals surface area contributed by atoms with E-state index < -0.39 is 0 Å². The van der Waals surface area contributed by atoms with Crippen LogP contribution in [0.3, 0.4) is 0 Å². The van der Waals surface area contributed by atoms with Gasteiger partial charge in [0.15, 0.2) is 0 Å². The van der Waals surface area contributed by atoms with Gasteiger partial charge in [-0.25, -0.2) is 0 Å². The first-order chi connectivity index (χ1) is 4.47. The van der Waals surface area contributed by atoms with E-state index in [2.05, 4.69) is 9.88 Å². The average Bonchev–Trinajstić information content (AvgIpc) is 2.33. The van der Waals surface area contributed by atoms with E-state index in [-0.39, 0.29) is 0 Å². The van der Waals surface area contributed by atoms with Gasteiger partial charge in [0.1, 0.15) is 0 Å². The maximum atomic E-state index is 5.39. The minimum absolute atomic E-state index is 0.585. The van der Waals surface area contributed by atoms with Gasteiger partial charge < -0.3 is 0 Å². The number of rotatable bonds is 0. The summed E-state index contributed by atoms with van der Waals surface area (Å²) >= 11 is 2.50. The van der Waals surface area contributed by atoms with Crippen molar-refractivity contribution in [3.63, 3.8) is 0 Å². The third-order valence-electron chi connectivity index (χ3n) is 1.19. The first kappa shape index (κ1) is 5.90. The Labute approximate surface area is 64.1 Å². The van der Waals surface area contributed by atoms with E-state index in [0.717, 1.165) is 18.1 Å². The van der Waals surface area contributed by atoms with Crippen molar-refractivity contribution in [1.82, 2.24) is 0 Å². The number of ether oxygens (including phenoxy) is 1. The predicted octanol–water partition coefficient (Wildman–Crippen LogP) is 1.23. The quantitative estimate of drug-likeness (QED) is 0.589. The summed E-state index contributed by atoms with van der Waals surface area (Å²) in [5.41, 5.74) is 0. The van der Waals surface area contributed by atoms with E-state index in [4.69, 9.17) is 4.74 Å². The molecule has 0 saturated carbocycles. The molecule has 0 aromatic carbocycles. The molecule has 0 fully saturated rings. The van der Waals surface area contributed by atoms with Gasteiger partial charge in [-0.05, 0) is 0 Å². The zero-order valence-electron chi connectivity index (χ0n) is 4.79. The molecule has 1 aromatic heterocycles. The molecule has 0 aliphatic carbocycles. The van der Waals surface area contributed by atoms with Crippen LogP contribution in [0, 0.1) is 0 Å². The van der Waals surface area contributed by atoms with Gasteiger partial charge in [-0.2, -0.15) is 0 Å². The second-order valence-electron chi connectivity index (χ2n) is 1.80. The molecule has 1 aliphatic rings. The fourth-order valence-electron chi connectivity index (χ4n) is 0.787. The van der Waals surface area contributed by atoms with Gasteiger partial charge in [0.2, 0.25) is 0 Å². The summed E-state index contributed by atoms with van der Waals surface area (Å²) in [6.45, 7) is 0.893. The van der Waals surface area contributed by atoms with Crippen LogP contribution in [0.5, 0.6) is 5.75 Å². The second-order valence-corrected chi connectivity index (χ2v) is 4.49. The number of fused-ring (bicyclic) bond motifs is 1. The zero-order chi connectivity index (χ0) is 6.10. The van der Waals surface area contributed by atoms with Crippen LogP contribution < -0.4 is 4.74 Å². The van der Waals surface area contributed by atoms with Gasteiger partial charge in [-0.3, -0.25) is 0 Å². The molecule has 1 nitrogen and oxygen atoms in total. The second kappa shape index (κ2) is 2.41. The van der Waals surface area contributed by atoms with Gasteiger partial charge in [0, 0.05) is 0 Å². The van der Waals surface area contributed by atoms with Crippen LogP contribution in [0.4, 0.5) is 0 Å². The Hall–Kier alpha value is 0.149. The first-order valence-electron chi connectivity index (χ1n) is 2.78. The Morgan fingerprint density at radius 2 is 2.56 bits per heavy atom. The van der Waals surface area contributed by atoms with Crippen molar-refractivity contribution in [2.75, 3.05) is 12.4 Å². The molecule has 1 aliphatic heterocycles. The summed E-state index contributed by atoms with van der Waals surface area (Å²) in [6, 6.07) is 0. The standard InChI is InChI=1S/C6H6OSSe/c1-2-8-6-4-9-3-5(6)7-1/h3-4H,1-2H2. The summed E-state index contributed by atoms with van der Waals surface area (Å²) < 4.78 is 5.39. The van der Waals surface area contributed by atoms with Crippen LogP contribution in [-0.4, -0.2) is 26.9 Å². The molecule has 0 saturated heterocycles. The van der Waals surface area contributed by atoms with Crippen LogP contribution in [-0.2, 0) is 0 Å². The van der Waals surface area contributed by atoms with Crippen LogP contribution in [0.2, 0.25) is 0 Å². The van der Waals surface area contributed by atoms with Crippen LogP contribution in [0.15, 0.2) is 14.8 Å². The van der Waals surface area contributed by atoms with Crippen molar-refractivity contribution in [1.29, 1.82) is 0 Å². The van der Waals surface area contributed by atoms with Gasteiger partial charge in [-0.1, -0.05) is 0 Å². The molecule has 0 amide bonds. The van der Waals surface area contributed by atoms with Crippen LogP contribution in [0.1, 0.15) is 0 Å². The zero-order valence-corrected chi connectivity index (χ0v) is 7.32. The van der Waals surface area contributed by atoms with Crippen molar-refractivity contribution in [3.05, 3.63) is 9.88 Å². The average molecular weight is 205 g/mol. The molecule has 2 rings (SSSR count). The predicted molar refractivity (Wildman–Crippen MR) is 39.6 cm³/mol. The molecule has 0 radical (unpaired) electrons. The SMILES string of the molecule is c1[se]cc2c1OCCS2. The van der Waals surface area contributed by atoms with E-state index in [1.807, 2.05) is 11.8 Å². The van der Waals surface area contributed by atoms with Crippen molar-refractivity contribution in [2.24, 2.45) is 0 Å².